The average Bonchev–Trinajstić information content (AvgIpc) is 2.47. The van der Waals surface area contributed by atoms with E-state index in [4.69, 9.17) is 4.74 Å². The number of ether oxygens (including phenoxy) is 1. The smallest absolute Gasteiger partial charge is 0.128 e. The number of halogens is 3. The van der Waals surface area contributed by atoms with E-state index in [9.17, 15) is 8.78 Å². The molecular weight excluding hydrogens is 340 g/mol. The number of hydrogen-bond donors (Lipinski definition) is 1. The first-order valence-corrected chi connectivity index (χ1v) is 7.29. The van der Waals surface area contributed by atoms with Crippen LogP contribution in [0.2, 0.25) is 0 Å². The van der Waals surface area contributed by atoms with Gasteiger partial charge in [-0.3, -0.25) is 0 Å². The van der Waals surface area contributed by atoms with Crippen molar-refractivity contribution in [1.29, 1.82) is 0 Å². The molecule has 0 amide bonds. The largest absolute Gasteiger partial charge is 0.496 e. The van der Waals surface area contributed by atoms with E-state index < -0.39 is 11.6 Å². The fourth-order valence-corrected chi connectivity index (χ4v) is 2.68. The minimum Gasteiger partial charge on any atom is -0.496 e. The molecule has 2 rings (SSSR count). The van der Waals surface area contributed by atoms with Crippen LogP contribution in [0.3, 0.4) is 0 Å². The molecule has 0 aliphatic rings. The van der Waals surface area contributed by atoms with Crippen molar-refractivity contribution in [2.24, 2.45) is 0 Å². The second-order valence-electron chi connectivity index (χ2n) is 4.67. The predicted octanol–water partition coefficient (Wildman–Crippen LogP) is 4.24. The molecule has 112 valence electrons. The Hall–Kier alpha value is -1.46. The molecule has 2 nitrogen and oxygen atoms in total. The van der Waals surface area contributed by atoms with Crippen molar-refractivity contribution in [3.8, 4) is 5.75 Å². The van der Waals surface area contributed by atoms with E-state index in [-0.39, 0.29) is 6.04 Å². The summed E-state index contributed by atoms with van der Waals surface area (Å²) in [6.45, 7) is 0. The summed E-state index contributed by atoms with van der Waals surface area (Å²) in [6, 6.07) is 8.77. The van der Waals surface area contributed by atoms with Crippen LogP contribution >= 0.6 is 15.9 Å². The zero-order chi connectivity index (χ0) is 15.4. The fourth-order valence-electron chi connectivity index (χ4n) is 2.28. The highest BCUT2D eigenvalue weighted by atomic mass is 79.9. The van der Waals surface area contributed by atoms with Gasteiger partial charge < -0.3 is 10.1 Å². The maximum atomic E-state index is 13.9. The molecule has 0 aliphatic heterocycles. The Bertz CT molecular complexity index is 634. The van der Waals surface area contributed by atoms with Crippen LogP contribution in [-0.4, -0.2) is 14.2 Å². The van der Waals surface area contributed by atoms with E-state index in [1.54, 1.807) is 14.2 Å². The van der Waals surface area contributed by atoms with Crippen LogP contribution in [0.4, 0.5) is 8.78 Å². The summed E-state index contributed by atoms with van der Waals surface area (Å²) in [5, 5.41) is 3.03. The number of likely N-dealkylation sites (N-methyl/N-ethyl adjacent to an activating group) is 1. The Morgan fingerprint density at radius 1 is 1.19 bits per heavy atom. The summed E-state index contributed by atoms with van der Waals surface area (Å²) in [5.41, 5.74) is 1.22. The maximum absolute atomic E-state index is 13.9. The standard InChI is InChI=1S/C16H16BrF2NO/c1-20-15(13-9-12(18)4-5-14(13)19)8-10-7-11(17)3-6-16(10)21-2/h3-7,9,15,20H,8H2,1-2H3. The zero-order valence-electron chi connectivity index (χ0n) is 11.8. The van der Waals surface area contributed by atoms with Gasteiger partial charge in [-0.2, -0.15) is 0 Å². The molecule has 21 heavy (non-hydrogen) atoms. The second-order valence-corrected chi connectivity index (χ2v) is 5.58. The SMILES string of the molecule is CNC(Cc1cc(Br)ccc1OC)c1cc(F)ccc1F. The number of hydrogen-bond acceptors (Lipinski definition) is 2. The lowest BCUT2D eigenvalue weighted by atomic mass is 9.98. The third kappa shape index (κ3) is 3.80. The summed E-state index contributed by atoms with van der Waals surface area (Å²) in [4.78, 5) is 0. The van der Waals surface area contributed by atoms with Gasteiger partial charge in [-0.05, 0) is 55.4 Å². The molecule has 2 aromatic carbocycles. The van der Waals surface area contributed by atoms with Crippen LogP contribution in [0.15, 0.2) is 40.9 Å². The molecule has 0 radical (unpaired) electrons. The van der Waals surface area contributed by atoms with Gasteiger partial charge in [0.05, 0.1) is 7.11 Å². The molecule has 0 heterocycles. The summed E-state index contributed by atoms with van der Waals surface area (Å²) in [5.74, 6) is -0.159. The highest BCUT2D eigenvalue weighted by Crippen LogP contribution is 2.29. The minimum absolute atomic E-state index is 0.305. The second kappa shape index (κ2) is 7.00. The lowest BCUT2D eigenvalue weighted by Crippen LogP contribution is -2.20. The average molecular weight is 356 g/mol. The summed E-state index contributed by atoms with van der Waals surface area (Å²) in [6.07, 6.45) is 0.486. The Balaban J connectivity index is 2.35. The maximum Gasteiger partial charge on any atom is 0.128 e. The van der Waals surface area contributed by atoms with Crippen molar-refractivity contribution in [3.63, 3.8) is 0 Å². The third-order valence-electron chi connectivity index (χ3n) is 3.35. The Morgan fingerprint density at radius 3 is 2.62 bits per heavy atom. The first kappa shape index (κ1) is 15.9. The molecule has 2 aromatic rings. The van der Waals surface area contributed by atoms with Crippen molar-refractivity contribution in [1.82, 2.24) is 5.32 Å². The first-order valence-electron chi connectivity index (χ1n) is 6.49. The van der Waals surface area contributed by atoms with E-state index in [1.165, 1.54) is 6.07 Å². The first-order chi connectivity index (χ1) is 10.0. The van der Waals surface area contributed by atoms with Crippen molar-refractivity contribution >= 4 is 15.9 Å². The molecule has 1 unspecified atom stereocenters. The van der Waals surface area contributed by atoms with Gasteiger partial charge in [0.15, 0.2) is 0 Å². The van der Waals surface area contributed by atoms with Gasteiger partial charge in [0.25, 0.3) is 0 Å². The molecule has 0 spiro atoms. The van der Waals surface area contributed by atoms with Gasteiger partial charge in [-0.1, -0.05) is 15.9 Å². The predicted molar refractivity (Wildman–Crippen MR) is 82.6 cm³/mol. The number of nitrogens with one attached hydrogen (secondary N) is 1. The molecule has 0 fully saturated rings. The lowest BCUT2D eigenvalue weighted by molar-refractivity contribution is 0.405. The summed E-state index contributed by atoms with van der Waals surface area (Å²) < 4.78 is 33.5. The van der Waals surface area contributed by atoms with Gasteiger partial charge in [-0.15, -0.1) is 0 Å². The highest BCUT2D eigenvalue weighted by molar-refractivity contribution is 9.10. The summed E-state index contributed by atoms with van der Waals surface area (Å²) >= 11 is 3.41. The Kier molecular flexibility index (Phi) is 5.31. The molecule has 0 aromatic heterocycles. The number of benzene rings is 2. The van der Waals surface area contributed by atoms with Crippen molar-refractivity contribution < 1.29 is 13.5 Å². The van der Waals surface area contributed by atoms with Crippen molar-refractivity contribution in [2.45, 2.75) is 12.5 Å². The highest BCUT2D eigenvalue weighted by Gasteiger charge is 2.17. The quantitative estimate of drug-likeness (QED) is 0.865. The van der Waals surface area contributed by atoms with E-state index in [0.717, 1.165) is 27.9 Å². The van der Waals surface area contributed by atoms with Crippen molar-refractivity contribution in [2.75, 3.05) is 14.2 Å². The van der Waals surface area contributed by atoms with Crippen LogP contribution in [0.25, 0.3) is 0 Å². The van der Waals surface area contributed by atoms with Crippen LogP contribution in [-0.2, 0) is 6.42 Å². The van der Waals surface area contributed by atoms with Crippen LogP contribution < -0.4 is 10.1 Å². The molecule has 1 N–H and O–H groups in total. The normalized spacial score (nSPS) is 12.2. The molecule has 0 saturated carbocycles. The topological polar surface area (TPSA) is 21.3 Å². The van der Waals surface area contributed by atoms with E-state index in [1.807, 2.05) is 18.2 Å². The molecule has 1 atom stereocenters. The zero-order valence-corrected chi connectivity index (χ0v) is 13.4. The number of rotatable bonds is 5. The molecule has 0 aliphatic carbocycles. The lowest BCUT2D eigenvalue weighted by Gasteiger charge is -2.19. The van der Waals surface area contributed by atoms with Gasteiger partial charge in [0, 0.05) is 16.1 Å². The molecule has 5 heteroatoms. The Morgan fingerprint density at radius 2 is 1.95 bits per heavy atom. The number of methoxy groups -OCH3 is 1. The molecule has 0 bridgehead atoms. The van der Waals surface area contributed by atoms with E-state index >= 15 is 0 Å². The van der Waals surface area contributed by atoms with E-state index in [0.29, 0.717) is 12.0 Å². The van der Waals surface area contributed by atoms with Gasteiger partial charge >= 0.3 is 0 Å². The molecular formula is C16H16BrF2NO. The van der Waals surface area contributed by atoms with Gasteiger partial charge in [-0.25, -0.2) is 8.78 Å². The van der Waals surface area contributed by atoms with Crippen molar-refractivity contribution in [3.05, 3.63) is 63.6 Å². The van der Waals surface area contributed by atoms with Gasteiger partial charge in [0.2, 0.25) is 0 Å². The summed E-state index contributed by atoms with van der Waals surface area (Å²) in [7, 11) is 3.31. The van der Waals surface area contributed by atoms with Crippen LogP contribution in [0, 0.1) is 11.6 Å². The third-order valence-corrected chi connectivity index (χ3v) is 3.84. The monoisotopic (exact) mass is 355 g/mol. The Labute approximate surface area is 131 Å². The van der Waals surface area contributed by atoms with Crippen LogP contribution in [0.1, 0.15) is 17.2 Å². The van der Waals surface area contributed by atoms with Gasteiger partial charge in [0.1, 0.15) is 17.4 Å². The molecule has 0 saturated heterocycles. The van der Waals surface area contributed by atoms with Crippen LogP contribution in [0.5, 0.6) is 5.75 Å². The fraction of sp³-hybridized carbons (Fsp3) is 0.250. The minimum atomic E-state index is -0.451. The van der Waals surface area contributed by atoms with E-state index in [2.05, 4.69) is 21.2 Å².